The summed E-state index contributed by atoms with van der Waals surface area (Å²) in [7, 11) is 0. The molecule has 23 heavy (non-hydrogen) atoms. The van der Waals surface area contributed by atoms with Crippen LogP contribution in [0, 0.1) is 0 Å². The van der Waals surface area contributed by atoms with Crippen molar-refractivity contribution >= 4 is 17.2 Å². The molecule has 0 spiro atoms. The number of benzene rings is 1. The molecule has 1 amide bonds. The van der Waals surface area contributed by atoms with Crippen molar-refractivity contribution in [2.24, 2.45) is 0 Å². The molecule has 6 heteroatoms. The van der Waals surface area contributed by atoms with Crippen LogP contribution in [0.25, 0.3) is 11.3 Å². The summed E-state index contributed by atoms with van der Waals surface area (Å²) >= 11 is 1.55. The van der Waals surface area contributed by atoms with Crippen molar-refractivity contribution in [2.45, 2.75) is 12.5 Å². The van der Waals surface area contributed by atoms with Crippen molar-refractivity contribution < 1.29 is 4.79 Å². The largest absolute Gasteiger partial charge is 0.336 e. The Morgan fingerprint density at radius 1 is 1.22 bits per heavy atom. The maximum absolute atomic E-state index is 12.4. The molecular weight excluding hydrogens is 308 g/mol. The van der Waals surface area contributed by atoms with Gasteiger partial charge in [-0.1, -0.05) is 35.5 Å². The molecule has 3 heterocycles. The lowest BCUT2D eigenvalue weighted by atomic mass is 10.2. The summed E-state index contributed by atoms with van der Waals surface area (Å²) in [6.07, 6.45) is 2.88. The van der Waals surface area contributed by atoms with Crippen LogP contribution in [-0.4, -0.2) is 38.9 Å². The van der Waals surface area contributed by atoms with E-state index in [4.69, 9.17) is 0 Å². The van der Waals surface area contributed by atoms with E-state index in [0.29, 0.717) is 6.54 Å². The standard InChI is InChI=1S/C17H16N4OS/c22-17(14-7-9-23-12-14)20-8-6-15(10-20)21-11-16(18-19-21)13-4-2-1-3-5-13/h1-5,7,9,11-12,15H,6,8,10H2/t15-/m0/s1. The summed E-state index contributed by atoms with van der Waals surface area (Å²) in [6, 6.07) is 12.1. The van der Waals surface area contributed by atoms with Crippen molar-refractivity contribution in [3.05, 3.63) is 58.9 Å². The molecule has 1 fully saturated rings. The number of thiophene rings is 1. The van der Waals surface area contributed by atoms with Gasteiger partial charge in [-0.05, 0) is 17.9 Å². The molecule has 116 valence electrons. The van der Waals surface area contributed by atoms with Crippen LogP contribution >= 0.6 is 11.3 Å². The molecule has 0 bridgehead atoms. The van der Waals surface area contributed by atoms with Gasteiger partial charge in [-0.25, -0.2) is 4.68 Å². The minimum Gasteiger partial charge on any atom is -0.336 e. The van der Waals surface area contributed by atoms with Crippen molar-refractivity contribution in [1.82, 2.24) is 19.9 Å². The number of carbonyl (C=O) groups excluding carboxylic acids is 1. The first-order valence-electron chi connectivity index (χ1n) is 7.60. The summed E-state index contributed by atoms with van der Waals surface area (Å²) in [5.74, 6) is 0.108. The lowest BCUT2D eigenvalue weighted by molar-refractivity contribution is 0.0787. The number of hydrogen-bond acceptors (Lipinski definition) is 4. The number of amides is 1. The Kier molecular flexibility index (Phi) is 3.67. The number of aromatic nitrogens is 3. The van der Waals surface area contributed by atoms with Crippen LogP contribution in [0.3, 0.4) is 0 Å². The highest BCUT2D eigenvalue weighted by molar-refractivity contribution is 7.08. The highest BCUT2D eigenvalue weighted by atomic mass is 32.1. The molecule has 0 saturated carbocycles. The van der Waals surface area contributed by atoms with Crippen LogP contribution in [0.5, 0.6) is 0 Å². The van der Waals surface area contributed by atoms with Gasteiger partial charge in [-0.2, -0.15) is 11.3 Å². The molecule has 4 rings (SSSR count). The molecule has 1 aromatic carbocycles. The number of likely N-dealkylation sites (tertiary alicyclic amines) is 1. The highest BCUT2D eigenvalue weighted by Crippen LogP contribution is 2.25. The van der Waals surface area contributed by atoms with E-state index < -0.39 is 0 Å². The topological polar surface area (TPSA) is 51.0 Å². The lowest BCUT2D eigenvalue weighted by Gasteiger charge is -2.15. The zero-order chi connectivity index (χ0) is 15.6. The van der Waals surface area contributed by atoms with Gasteiger partial charge in [0.2, 0.25) is 0 Å². The predicted octanol–water partition coefficient (Wildman–Crippen LogP) is 3.09. The Balaban J connectivity index is 1.48. The number of rotatable bonds is 3. The summed E-state index contributed by atoms with van der Waals surface area (Å²) < 4.78 is 1.89. The van der Waals surface area contributed by atoms with E-state index in [1.165, 1.54) is 0 Å². The van der Waals surface area contributed by atoms with Gasteiger partial charge in [-0.15, -0.1) is 5.10 Å². The molecule has 1 atom stereocenters. The number of nitrogens with zero attached hydrogens (tertiary/aromatic N) is 4. The number of hydrogen-bond donors (Lipinski definition) is 0. The van der Waals surface area contributed by atoms with Crippen LogP contribution in [0.4, 0.5) is 0 Å². The van der Waals surface area contributed by atoms with Crippen LogP contribution in [-0.2, 0) is 0 Å². The molecule has 1 saturated heterocycles. The molecule has 3 aromatic rings. The summed E-state index contributed by atoms with van der Waals surface area (Å²) in [4.78, 5) is 14.3. The third-order valence-electron chi connectivity index (χ3n) is 4.17. The summed E-state index contributed by atoms with van der Waals surface area (Å²) in [5.41, 5.74) is 2.70. The molecule has 0 unspecified atom stereocenters. The molecule has 0 radical (unpaired) electrons. The number of carbonyl (C=O) groups is 1. The van der Waals surface area contributed by atoms with Gasteiger partial charge in [0.25, 0.3) is 5.91 Å². The fourth-order valence-corrected chi connectivity index (χ4v) is 3.54. The van der Waals surface area contributed by atoms with E-state index in [1.54, 1.807) is 11.3 Å². The van der Waals surface area contributed by atoms with Crippen molar-refractivity contribution in [2.75, 3.05) is 13.1 Å². The van der Waals surface area contributed by atoms with Crippen molar-refractivity contribution in [3.63, 3.8) is 0 Å². The highest BCUT2D eigenvalue weighted by Gasteiger charge is 2.29. The maximum Gasteiger partial charge on any atom is 0.254 e. The van der Waals surface area contributed by atoms with Gasteiger partial charge in [0.05, 0.1) is 17.8 Å². The molecule has 1 aliphatic heterocycles. The molecular formula is C17H16N4OS. The van der Waals surface area contributed by atoms with Gasteiger partial charge in [-0.3, -0.25) is 4.79 Å². The molecule has 2 aromatic heterocycles. The molecule has 0 N–H and O–H groups in total. The van der Waals surface area contributed by atoms with Crippen LogP contribution in [0.2, 0.25) is 0 Å². The van der Waals surface area contributed by atoms with Gasteiger partial charge in [0.1, 0.15) is 5.69 Å². The van der Waals surface area contributed by atoms with Crippen LogP contribution < -0.4 is 0 Å². The quantitative estimate of drug-likeness (QED) is 0.744. The normalized spacial score (nSPS) is 17.6. The fourth-order valence-electron chi connectivity index (χ4n) is 2.91. The van der Waals surface area contributed by atoms with Crippen LogP contribution in [0.15, 0.2) is 53.4 Å². The van der Waals surface area contributed by atoms with Crippen molar-refractivity contribution in [1.29, 1.82) is 0 Å². The Labute approximate surface area is 138 Å². The maximum atomic E-state index is 12.4. The van der Waals surface area contributed by atoms with Gasteiger partial charge < -0.3 is 4.90 Å². The zero-order valence-corrected chi connectivity index (χ0v) is 13.3. The minimum atomic E-state index is 0.108. The van der Waals surface area contributed by atoms with Crippen LogP contribution in [0.1, 0.15) is 22.8 Å². The van der Waals surface area contributed by atoms with Gasteiger partial charge >= 0.3 is 0 Å². The summed E-state index contributed by atoms with van der Waals surface area (Å²) in [5, 5.41) is 12.4. The lowest BCUT2D eigenvalue weighted by Crippen LogP contribution is -2.28. The monoisotopic (exact) mass is 324 g/mol. The van der Waals surface area contributed by atoms with E-state index >= 15 is 0 Å². The van der Waals surface area contributed by atoms with E-state index in [1.807, 2.05) is 62.9 Å². The van der Waals surface area contributed by atoms with E-state index in [9.17, 15) is 4.79 Å². The van der Waals surface area contributed by atoms with Gasteiger partial charge in [0.15, 0.2) is 0 Å². The van der Waals surface area contributed by atoms with Crippen molar-refractivity contribution in [3.8, 4) is 11.3 Å². The van der Waals surface area contributed by atoms with Gasteiger partial charge in [0, 0.05) is 24.0 Å². The second kappa shape index (κ2) is 5.96. The molecule has 0 aliphatic carbocycles. The van der Waals surface area contributed by atoms with E-state index in [0.717, 1.165) is 29.8 Å². The first-order valence-corrected chi connectivity index (χ1v) is 8.54. The second-order valence-electron chi connectivity index (χ2n) is 5.66. The Morgan fingerprint density at radius 3 is 2.87 bits per heavy atom. The second-order valence-corrected chi connectivity index (χ2v) is 6.44. The predicted molar refractivity (Wildman–Crippen MR) is 89.3 cm³/mol. The zero-order valence-electron chi connectivity index (χ0n) is 12.5. The average Bonchev–Trinajstić information content (AvgIpc) is 3.35. The fraction of sp³-hybridized carbons (Fsp3) is 0.235. The summed E-state index contributed by atoms with van der Waals surface area (Å²) in [6.45, 7) is 1.45. The first kappa shape index (κ1) is 14.1. The smallest absolute Gasteiger partial charge is 0.254 e. The minimum absolute atomic E-state index is 0.108. The SMILES string of the molecule is O=C(c1ccsc1)N1CC[C@H](n2cc(-c3ccccc3)nn2)C1. The van der Waals surface area contributed by atoms with E-state index in [2.05, 4.69) is 10.3 Å². The third-order valence-corrected chi connectivity index (χ3v) is 4.86. The Bertz CT molecular complexity index is 797. The first-order chi connectivity index (χ1) is 11.3. The Hall–Kier alpha value is -2.47. The van der Waals surface area contributed by atoms with E-state index in [-0.39, 0.29) is 11.9 Å². The third kappa shape index (κ3) is 2.77. The average molecular weight is 324 g/mol. The Morgan fingerprint density at radius 2 is 2.09 bits per heavy atom. The molecule has 1 aliphatic rings. The molecule has 5 nitrogen and oxygen atoms in total.